The van der Waals surface area contributed by atoms with E-state index in [1.807, 2.05) is 39.8 Å². The van der Waals surface area contributed by atoms with E-state index in [1.54, 1.807) is 0 Å². The number of fused-ring (bicyclic) bond motifs is 1. The van der Waals surface area contributed by atoms with Crippen LogP contribution in [0.1, 0.15) is 37.8 Å². The van der Waals surface area contributed by atoms with Crippen LogP contribution in [0, 0.1) is 19.8 Å². The molecule has 1 atom stereocenters. The predicted octanol–water partition coefficient (Wildman–Crippen LogP) is 3.72. The summed E-state index contributed by atoms with van der Waals surface area (Å²) in [6.07, 6.45) is -1.33. The first-order valence-electron chi connectivity index (χ1n) is 8.98. The van der Waals surface area contributed by atoms with E-state index in [1.165, 1.54) is 11.3 Å². The van der Waals surface area contributed by atoms with Crippen LogP contribution in [0.15, 0.2) is 12.1 Å². The molecule has 0 aliphatic heterocycles. The Morgan fingerprint density at radius 1 is 1.18 bits per heavy atom. The normalized spacial score (nSPS) is 12.2. The maximum Gasteiger partial charge on any atom is 0.408 e. The number of carbonyl (C=O) groups excluding carboxylic acids is 1. The lowest BCUT2D eigenvalue weighted by Gasteiger charge is -2.27. The minimum Gasteiger partial charge on any atom is -0.480 e. The molecule has 2 rings (SSSR count). The largest absolute Gasteiger partial charge is 0.480 e. The van der Waals surface area contributed by atoms with Gasteiger partial charge in [0.1, 0.15) is 6.04 Å². The Bertz CT molecular complexity index is 854. The number of carboxylic acid groups (broad SMARTS) is 2. The van der Waals surface area contributed by atoms with Crippen LogP contribution >= 0.6 is 11.3 Å². The van der Waals surface area contributed by atoms with Crippen LogP contribution in [0.2, 0.25) is 0 Å². The van der Waals surface area contributed by atoms with Gasteiger partial charge in [-0.3, -0.25) is 9.69 Å². The molecule has 1 unspecified atom stereocenters. The summed E-state index contributed by atoms with van der Waals surface area (Å²) in [7, 11) is 0. The summed E-state index contributed by atoms with van der Waals surface area (Å²) in [5.74, 6) is -1.62. The number of thiazole rings is 1. The number of aromatic nitrogens is 1. The second kappa shape index (κ2) is 9.01. The molecular formula is C19H25N3O5S. The molecule has 1 aromatic carbocycles. The number of rotatable bonds is 8. The molecule has 1 aromatic heterocycles. The molecule has 2 amide bonds. The van der Waals surface area contributed by atoms with Crippen molar-refractivity contribution in [3.05, 3.63) is 23.3 Å². The molecule has 9 heteroatoms. The molecule has 0 radical (unpaired) electrons. The molecule has 152 valence electrons. The van der Waals surface area contributed by atoms with Gasteiger partial charge in [-0.15, -0.1) is 0 Å². The Labute approximate surface area is 167 Å². The molecule has 2 aromatic rings. The third-order valence-corrected chi connectivity index (χ3v) is 5.37. The van der Waals surface area contributed by atoms with Crippen molar-refractivity contribution in [1.29, 1.82) is 0 Å². The van der Waals surface area contributed by atoms with Crippen LogP contribution in [0.4, 0.5) is 9.93 Å². The topological polar surface area (TPSA) is 120 Å². The summed E-state index contributed by atoms with van der Waals surface area (Å²) in [5, 5.41) is 21.8. The van der Waals surface area contributed by atoms with Crippen LogP contribution in [-0.2, 0) is 9.59 Å². The summed E-state index contributed by atoms with van der Waals surface area (Å²) in [6, 6.07) is 2.78. The first-order chi connectivity index (χ1) is 13.1. The number of nitrogens with zero attached hydrogens (tertiary/aromatic N) is 2. The Morgan fingerprint density at radius 3 is 2.39 bits per heavy atom. The summed E-state index contributed by atoms with van der Waals surface area (Å²) >= 11 is 1.34. The number of aliphatic carboxylic acids is 1. The molecule has 0 fully saturated rings. The van der Waals surface area contributed by atoms with Crippen LogP contribution in [-0.4, -0.2) is 50.7 Å². The van der Waals surface area contributed by atoms with Gasteiger partial charge in [-0.2, -0.15) is 0 Å². The van der Waals surface area contributed by atoms with Crippen LogP contribution < -0.4 is 5.32 Å². The van der Waals surface area contributed by atoms with E-state index in [-0.39, 0.29) is 25.3 Å². The number of carbonyl (C=O) groups is 3. The van der Waals surface area contributed by atoms with E-state index < -0.39 is 24.0 Å². The van der Waals surface area contributed by atoms with Crippen molar-refractivity contribution in [1.82, 2.24) is 9.88 Å². The SMILES string of the molecule is Cc1cc2nc(NC(=O)CCN(C(=O)O)C(CC(C)C)C(=O)O)sc2cc1C. The van der Waals surface area contributed by atoms with Crippen LogP contribution in [0.25, 0.3) is 10.2 Å². The van der Waals surface area contributed by atoms with Crippen molar-refractivity contribution in [3.8, 4) is 0 Å². The molecule has 0 aliphatic carbocycles. The van der Waals surface area contributed by atoms with Crippen molar-refractivity contribution < 1.29 is 24.6 Å². The standard InChI is InChI=1S/C19H25N3O5S/c1-10(2)7-14(17(24)25)22(19(26)27)6-5-16(23)21-18-20-13-8-11(3)12(4)9-15(13)28-18/h8-10,14H,5-7H2,1-4H3,(H,24,25)(H,26,27)(H,20,21,23). The molecule has 0 saturated heterocycles. The van der Waals surface area contributed by atoms with Gasteiger partial charge in [0, 0.05) is 13.0 Å². The first-order valence-corrected chi connectivity index (χ1v) is 9.80. The average Bonchev–Trinajstić information content (AvgIpc) is 2.94. The van der Waals surface area contributed by atoms with Crippen molar-refractivity contribution in [2.45, 2.75) is 46.6 Å². The highest BCUT2D eigenvalue weighted by Crippen LogP contribution is 2.28. The zero-order chi connectivity index (χ0) is 21.0. The molecule has 8 nitrogen and oxygen atoms in total. The van der Waals surface area contributed by atoms with Gasteiger partial charge >= 0.3 is 12.1 Å². The van der Waals surface area contributed by atoms with Crippen LogP contribution in [0.5, 0.6) is 0 Å². The number of anilines is 1. The lowest BCUT2D eigenvalue weighted by Crippen LogP contribution is -2.46. The van der Waals surface area contributed by atoms with Gasteiger partial charge in [-0.05, 0) is 49.4 Å². The molecular weight excluding hydrogens is 382 g/mol. The Kier molecular flexibility index (Phi) is 6.95. The smallest absolute Gasteiger partial charge is 0.408 e. The van der Waals surface area contributed by atoms with Crippen molar-refractivity contribution in [2.75, 3.05) is 11.9 Å². The second-order valence-corrected chi connectivity index (χ2v) is 8.21. The van der Waals surface area contributed by atoms with Gasteiger partial charge in [0.2, 0.25) is 5.91 Å². The molecule has 0 spiro atoms. The first kappa shape index (κ1) is 21.6. The number of benzene rings is 1. The van der Waals surface area contributed by atoms with Gasteiger partial charge in [0.25, 0.3) is 0 Å². The van der Waals surface area contributed by atoms with E-state index >= 15 is 0 Å². The number of aryl methyl sites for hydroxylation is 2. The van der Waals surface area contributed by atoms with E-state index in [4.69, 9.17) is 0 Å². The highest BCUT2D eigenvalue weighted by molar-refractivity contribution is 7.22. The summed E-state index contributed by atoms with van der Waals surface area (Å²) < 4.78 is 0.952. The fourth-order valence-corrected chi connectivity index (χ4v) is 3.79. The van der Waals surface area contributed by atoms with Crippen molar-refractivity contribution in [2.24, 2.45) is 5.92 Å². The lowest BCUT2D eigenvalue weighted by atomic mass is 10.0. The van der Waals surface area contributed by atoms with Gasteiger partial charge < -0.3 is 15.5 Å². The van der Waals surface area contributed by atoms with Crippen LogP contribution in [0.3, 0.4) is 0 Å². The van der Waals surface area contributed by atoms with Gasteiger partial charge in [-0.25, -0.2) is 14.6 Å². The van der Waals surface area contributed by atoms with Crippen molar-refractivity contribution >= 4 is 44.7 Å². The summed E-state index contributed by atoms with van der Waals surface area (Å²) in [6.45, 7) is 7.43. The number of hydrogen-bond donors (Lipinski definition) is 3. The zero-order valence-corrected chi connectivity index (χ0v) is 17.2. The quantitative estimate of drug-likeness (QED) is 0.613. The zero-order valence-electron chi connectivity index (χ0n) is 16.4. The van der Waals surface area contributed by atoms with E-state index in [9.17, 15) is 24.6 Å². The minimum absolute atomic E-state index is 0.00596. The molecule has 0 bridgehead atoms. The number of nitrogens with one attached hydrogen (secondary N) is 1. The Morgan fingerprint density at radius 2 is 1.82 bits per heavy atom. The number of amides is 2. The molecule has 1 heterocycles. The summed E-state index contributed by atoms with van der Waals surface area (Å²) in [4.78, 5) is 40.4. The fraction of sp³-hybridized carbons (Fsp3) is 0.474. The average molecular weight is 407 g/mol. The second-order valence-electron chi connectivity index (χ2n) is 7.18. The fourth-order valence-electron chi connectivity index (χ4n) is 2.83. The maximum atomic E-state index is 12.3. The molecule has 0 saturated carbocycles. The monoisotopic (exact) mass is 407 g/mol. The number of hydrogen-bond acceptors (Lipinski definition) is 5. The number of carboxylic acids is 1. The molecule has 0 aliphatic rings. The third-order valence-electron chi connectivity index (χ3n) is 4.43. The Balaban J connectivity index is 2.04. The van der Waals surface area contributed by atoms with E-state index in [0.717, 1.165) is 26.2 Å². The highest BCUT2D eigenvalue weighted by atomic mass is 32.1. The van der Waals surface area contributed by atoms with Gasteiger partial charge in [0.15, 0.2) is 5.13 Å². The predicted molar refractivity (Wildman–Crippen MR) is 108 cm³/mol. The molecule has 28 heavy (non-hydrogen) atoms. The lowest BCUT2D eigenvalue weighted by molar-refractivity contribution is -0.143. The van der Waals surface area contributed by atoms with Gasteiger partial charge in [0.05, 0.1) is 10.2 Å². The highest BCUT2D eigenvalue weighted by Gasteiger charge is 2.30. The maximum absolute atomic E-state index is 12.3. The molecule has 3 N–H and O–H groups in total. The van der Waals surface area contributed by atoms with Crippen molar-refractivity contribution in [3.63, 3.8) is 0 Å². The third kappa shape index (κ3) is 5.41. The van der Waals surface area contributed by atoms with E-state index in [0.29, 0.717) is 5.13 Å². The van der Waals surface area contributed by atoms with E-state index in [2.05, 4.69) is 10.3 Å². The minimum atomic E-state index is -1.35. The summed E-state index contributed by atoms with van der Waals surface area (Å²) in [5.41, 5.74) is 3.03. The van der Waals surface area contributed by atoms with Gasteiger partial charge in [-0.1, -0.05) is 25.2 Å². The Hall–Kier alpha value is -2.68.